The van der Waals surface area contributed by atoms with Gasteiger partial charge in [-0.15, -0.1) is 0 Å². The SMILES string of the molecule is COc1ccc(C)cc1C(O)CNc1ccc(Cl)cc1I. The number of benzene rings is 2. The van der Waals surface area contributed by atoms with E-state index in [1.165, 1.54) is 0 Å². The molecule has 2 rings (SSSR count). The smallest absolute Gasteiger partial charge is 0.124 e. The van der Waals surface area contributed by atoms with Crippen LogP contribution in [0.5, 0.6) is 5.75 Å². The van der Waals surface area contributed by atoms with Gasteiger partial charge in [0.15, 0.2) is 0 Å². The van der Waals surface area contributed by atoms with Crippen molar-refractivity contribution in [3.05, 3.63) is 56.1 Å². The molecule has 1 unspecified atom stereocenters. The molecule has 0 radical (unpaired) electrons. The molecule has 2 aromatic rings. The number of aliphatic hydroxyl groups excluding tert-OH is 1. The summed E-state index contributed by atoms with van der Waals surface area (Å²) in [6.07, 6.45) is -0.647. The van der Waals surface area contributed by atoms with Crippen molar-refractivity contribution in [3.8, 4) is 5.75 Å². The fraction of sp³-hybridized carbons (Fsp3) is 0.250. The van der Waals surface area contributed by atoms with Gasteiger partial charge in [-0.2, -0.15) is 0 Å². The highest BCUT2D eigenvalue weighted by Crippen LogP contribution is 2.28. The van der Waals surface area contributed by atoms with Crippen LogP contribution in [0.3, 0.4) is 0 Å². The molecule has 0 saturated carbocycles. The number of nitrogens with one attached hydrogen (secondary N) is 1. The topological polar surface area (TPSA) is 41.5 Å². The van der Waals surface area contributed by atoms with Gasteiger partial charge in [-0.05, 0) is 59.8 Å². The number of aliphatic hydroxyl groups is 1. The molecule has 112 valence electrons. The van der Waals surface area contributed by atoms with E-state index in [4.69, 9.17) is 16.3 Å². The molecule has 1 atom stereocenters. The van der Waals surface area contributed by atoms with Crippen molar-refractivity contribution >= 4 is 39.9 Å². The van der Waals surface area contributed by atoms with Crippen molar-refractivity contribution in [2.24, 2.45) is 0 Å². The summed E-state index contributed by atoms with van der Waals surface area (Å²) in [6.45, 7) is 2.39. The number of hydrogen-bond donors (Lipinski definition) is 2. The first-order valence-electron chi connectivity index (χ1n) is 6.53. The van der Waals surface area contributed by atoms with Crippen LogP contribution in [0.25, 0.3) is 0 Å². The van der Waals surface area contributed by atoms with Gasteiger partial charge in [0.05, 0.1) is 13.2 Å². The normalized spacial score (nSPS) is 12.0. The maximum absolute atomic E-state index is 10.4. The molecule has 0 aliphatic rings. The summed E-state index contributed by atoms with van der Waals surface area (Å²) in [6, 6.07) is 11.4. The lowest BCUT2D eigenvalue weighted by atomic mass is 10.1. The minimum Gasteiger partial charge on any atom is -0.496 e. The van der Waals surface area contributed by atoms with Crippen LogP contribution in [-0.2, 0) is 0 Å². The van der Waals surface area contributed by atoms with Gasteiger partial charge < -0.3 is 15.2 Å². The van der Waals surface area contributed by atoms with Crippen LogP contribution in [0.2, 0.25) is 5.02 Å². The zero-order valence-corrected chi connectivity index (χ0v) is 14.8. The molecule has 0 aromatic heterocycles. The number of methoxy groups -OCH3 is 1. The Kier molecular flexibility index (Phi) is 5.72. The number of ether oxygens (including phenoxy) is 1. The molecular weight excluding hydrogens is 401 g/mol. The summed E-state index contributed by atoms with van der Waals surface area (Å²) < 4.78 is 6.32. The highest BCUT2D eigenvalue weighted by molar-refractivity contribution is 14.1. The minimum absolute atomic E-state index is 0.400. The van der Waals surface area contributed by atoms with Crippen molar-refractivity contribution in [1.29, 1.82) is 0 Å². The second-order valence-electron chi connectivity index (χ2n) is 4.77. The molecule has 2 aromatic carbocycles. The zero-order chi connectivity index (χ0) is 15.4. The minimum atomic E-state index is -0.647. The Morgan fingerprint density at radius 1 is 1.29 bits per heavy atom. The maximum atomic E-state index is 10.4. The summed E-state index contributed by atoms with van der Waals surface area (Å²) in [5.41, 5.74) is 2.82. The van der Waals surface area contributed by atoms with Gasteiger partial charge in [-0.25, -0.2) is 0 Å². The highest BCUT2D eigenvalue weighted by atomic mass is 127. The standard InChI is InChI=1S/C16H17ClINO2/c1-10-3-6-16(21-2)12(7-10)15(20)9-19-14-5-4-11(17)8-13(14)18/h3-8,15,19-20H,9H2,1-2H3. The lowest BCUT2D eigenvalue weighted by Crippen LogP contribution is -2.14. The van der Waals surface area contributed by atoms with E-state index >= 15 is 0 Å². The average molecular weight is 418 g/mol. The number of anilines is 1. The van der Waals surface area contributed by atoms with E-state index in [2.05, 4.69) is 27.9 Å². The van der Waals surface area contributed by atoms with Crippen LogP contribution < -0.4 is 10.1 Å². The summed E-state index contributed by atoms with van der Waals surface area (Å²) in [5.74, 6) is 0.695. The predicted octanol–water partition coefficient (Wildman–Crippen LogP) is 4.41. The Labute approximate surface area is 143 Å². The summed E-state index contributed by atoms with van der Waals surface area (Å²) in [5, 5.41) is 14.3. The van der Waals surface area contributed by atoms with Gasteiger partial charge in [-0.3, -0.25) is 0 Å². The Bertz CT molecular complexity index is 634. The maximum Gasteiger partial charge on any atom is 0.124 e. The summed E-state index contributed by atoms with van der Waals surface area (Å²) in [7, 11) is 1.61. The van der Waals surface area contributed by atoms with Gasteiger partial charge in [0, 0.05) is 26.4 Å². The third-order valence-electron chi connectivity index (χ3n) is 3.16. The van der Waals surface area contributed by atoms with Gasteiger partial charge in [0.1, 0.15) is 5.75 Å². The molecule has 0 spiro atoms. The molecule has 0 fully saturated rings. The Morgan fingerprint density at radius 2 is 2.05 bits per heavy atom. The number of aryl methyl sites for hydroxylation is 1. The van der Waals surface area contributed by atoms with E-state index in [1.54, 1.807) is 7.11 Å². The fourth-order valence-corrected chi connectivity index (χ4v) is 3.13. The lowest BCUT2D eigenvalue weighted by molar-refractivity contribution is 0.187. The van der Waals surface area contributed by atoms with Crippen LogP contribution in [-0.4, -0.2) is 18.8 Å². The molecule has 0 saturated heterocycles. The van der Waals surface area contributed by atoms with E-state index < -0.39 is 6.10 Å². The number of hydrogen-bond acceptors (Lipinski definition) is 3. The Hall–Kier alpha value is -0.980. The molecule has 0 aliphatic heterocycles. The van der Waals surface area contributed by atoms with Gasteiger partial charge in [0.25, 0.3) is 0 Å². The molecule has 0 amide bonds. The van der Waals surface area contributed by atoms with Crippen LogP contribution in [0, 0.1) is 10.5 Å². The first kappa shape index (κ1) is 16.4. The van der Waals surface area contributed by atoms with Gasteiger partial charge in [0.2, 0.25) is 0 Å². The van der Waals surface area contributed by atoms with Crippen LogP contribution in [0.4, 0.5) is 5.69 Å². The number of halogens is 2. The third kappa shape index (κ3) is 4.25. The fourth-order valence-electron chi connectivity index (χ4n) is 2.06. The van der Waals surface area contributed by atoms with Crippen LogP contribution in [0.1, 0.15) is 17.2 Å². The Morgan fingerprint density at radius 3 is 2.71 bits per heavy atom. The van der Waals surface area contributed by atoms with Crippen molar-refractivity contribution in [2.75, 3.05) is 19.0 Å². The molecule has 3 nitrogen and oxygen atoms in total. The molecule has 0 aliphatic carbocycles. The molecule has 0 bridgehead atoms. The molecular formula is C16H17ClINO2. The quantitative estimate of drug-likeness (QED) is 0.708. The second-order valence-corrected chi connectivity index (χ2v) is 6.36. The molecule has 2 N–H and O–H groups in total. The highest BCUT2D eigenvalue weighted by Gasteiger charge is 2.14. The van der Waals surface area contributed by atoms with Crippen molar-refractivity contribution in [3.63, 3.8) is 0 Å². The summed E-state index contributed by atoms with van der Waals surface area (Å²) >= 11 is 8.15. The first-order chi connectivity index (χ1) is 10.0. The predicted molar refractivity (Wildman–Crippen MR) is 95.3 cm³/mol. The molecule has 0 heterocycles. The monoisotopic (exact) mass is 417 g/mol. The van der Waals surface area contributed by atoms with Crippen molar-refractivity contribution in [1.82, 2.24) is 0 Å². The third-order valence-corrected chi connectivity index (χ3v) is 4.29. The summed E-state index contributed by atoms with van der Waals surface area (Å²) in [4.78, 5) is 0. The first-order valence-corrected chi connectivity index (χ1v) is 7.98. The largest absolute Gasteiger partial charge is 0.496 e. The zero-order valence-electron chi connectivity index (χ0n) is 11.9. The van der Waals surface area contributed by atoms with Crippen molar-refractivity contribution in [2.45, 2.75) is 13.0 Å². The van der Waals surface area contributed by atoms with E-state index in [9.17, 15) is 5.11 Å². The van der Waals surface area contributed by atoms with E-state index in [0.29, 0.717) is 17.3 Å². The van der Waals surface area contributed by atoms with Crippen LogP contribution >= 0.6 is 34.2 Å². The second kappa shape index (κ2) is 7.33. The van der Waals surface area contributed by atoms with Crippen molar-refractivity contribution < 1.29 is 9.84 Å². The van der Waals surface area contributed by atoms with Gasteiger partial charge >= 0.3 is 0 Å². The van der Waals surface area contributed by atoms with E-state index in [-0.39, 0.29) is 0 Å². The van der Waals surface area contributed by atoms with Crippen LogP contribution in [0.15, 0.2) is 36.4 Å². The lowest BCUT2D eigenvalue weighted by Gasteiger charge is -2.17. The van der Waals surface area contributed by atoms with E-state index in [1.807, 2.05) is 43.3 Å². The molecule has 5 heteroatoms. The van der Waals surface area contributed by atoms with Gasteiger partial charge in [-0.1, -0.05) is 23.2 Å². The Balaban J connectivity index is 2.11. The molecule has 21 heavy (non-hydrogen) atoms. The van der Waals surface area contributed by atoms with E-state index in [0.717, 1.165) is 20.4 Å². The average Bonchev–Trinajstić information content (AvgIpc) is 2.46. The number of rotatable bonds is 5.